The Labute approximate surface area is 204 Å². The minimum Gasteiger partial charge on any atom is -0.496 e. The first-order valence-corrected chi connectivity index (χ1v) is 13.1. The van der Waals surface area contributed by atoms with E-state index >= 15 is 0 Å². The zero-order chi connectivity index (χ0) is 24.0. The second kappa shape index (κ2) is 14.4. The predicted molar refractivity (Wildman–Crippen MR) is 141 cm³/mol. The molecule has 0 aliphatic rings. The number of carbonyl (C=O) groups is 1. The van der Waals surface area contributed by atoms with E-state index in [0.717, 1.165) is 30.7 Å². The largest absolute Gasteiger partial charge is 0.496 e. The van der Waals surface area contributed by atoms with Gasteiger partial charge in [0.25, 0.3) is 5.91 Å². The van der Waals surface area contributed by atoms with Crippen LogP contribution in [0.2, 0.25) is 0 Å². The maximum Gasteiger partial charge on any atom is 0.255 e. The lowest BCUT2D eigenvalue weighted by Crippen LogP contribution is -2.25. The van der Waals surface area contributed by atoms with Crippen LogP contribution in [0.5, 0.6) is 5.75 Å². The molecular weight excluding hydrogens is 422 g/mol. The molecule has 34 heavy (non-hydrogen) atoms. The van der Waals surface area contributed by atoms with Crippen LogP contribution in [0.4, 0.5) is 0 Å². The maximum absolute atomic E-state index is 12.5. The van der Waals surface area contributed by atoms with Crippen LogP contribution in [0, 0.1) is 0 Å². The minimum absolute atomic E-state index is 0.0966. The van der Waals surface area contributed by atoms with Crippen LogP contribution >= 0.6 is 0 Å². The van der Waals surface area contributed by atoms with Crippen molar-refractivity contribution in [1.29, 1.82) is 0 Å². The molecule has 0 saturated carbocycles. The van der Waals surface area contributed by atoms with Crippen LogP contribution < -0.4 is 10.1 Å². The summed E-state index contributed by atoms with van der Waals surface area (Å²) in [7, 11) is 1.59. The van der Waals surface area contributed by atoms with Crippen molar-refractivity contribution in [3.63, 3.8) is 0 Å². The molecule has 1 amide bonds. The Morgan fingerprint density at radius 1 is 0.882 bits per heavy atom. The first kappa shape index (κ1) is 25.8. The second-order valence-electron chi connectivity index (χ2n) is 9.06. The number of unbranched alkanes of at least 4 members (excludes halogenated alkanes) is 8. The van der Waals surface area contributed by atoms with Gasteiger partial charge in [0, 0.05) is 19.5 Å². The van der Waals surface area contributed by atoms with Crippen LogP contribution in [0.3, 0.4) is 0 Å². The van der Waals surface area contributed by atoms with E-state index in [2.05, 4.69) is 41.1 Å². The van der Waals surface area contributed by atoms with Crippen LogP contribution in [0.15, 0.2) is 48.5 Å². The van der Waals surface area contributed by atoms with Crippen molar-refractivity contribution in [2.75, 3.05) is 13.7 Å². The number of benzene rings is 2. The van der Waals surface area contributed by atoms with Gasteiger partial charge in [-0.05, 0) is 37.1 Å². The summed E-state index contributed by atoms with van der Waals surface area (Å²) in [6.07, 6.45) is 13.7. The molecule has 1 heterocycles. The summed E-state index contributed by atoms with van der Waals surface area (Å²) in [5.74, 6) is 1.62. The molecule has 0 unspecified atom stereocenters. The number of aryl methyl sites for hydroxylation is 2. The quantitative estimate of drug-likeness (QED) is 0.234. The highest BCUT2D eigenvalue weighted by Gasteiger charge is 2.12. The topological polar surface area (TPSA) is 56.2 Å². The van der Waals surface area contributed by atoms with Gasteiger partial charge in [-0.25, -0.2) is 4.98 Å². The van der Waals surface area contributed by atoms with Gasteiger partial charge in [-0.1, -0.05) is 82.6 Å². The smallest absolute Gasteiger partial charge is 0.255 e. The molecule has 0 fully saturated rings. The van der Waals surface area contributed by atoms with Crippen molar-refractivity contribution in [2.45, 2.75) is 84.1 Å². The van der Waals surface area contributed by atoms with E-state index in [9.17, 15) is 4.79 Å². The summed E-state index contributed by atoms with van der Waals surface area (Å²) < 4.78 is 7.69. The lowest BCUT2D eigenvalue weighted by Gasteiger charge is -2.11. The summed E-state index contributed by atoms with van der Waals surface area (Å²) in [6, 6.07) is 15.7. The number of fused-ring (bicyclic) bond motifs is 1. The third-order valence-corrected chi connectivity index (χ3v) is 6.43. The van der Waals surface area contributed by atoms with Crippen LogP contribution in [0.25, 0.3) is 11.0 Å². The number of ether oxygens (including phenoxy) is 1. The fraction of sp³-hybridized carbons (Fsp3) is 0.517. The zero-order valence-electron chi connectivity index (χ0n) is 21.0. The number of methoxy groups -OCH3 is 1. The monoisotopic (exact) mass is 463 g/mol. The van der Waals surface area contributed by atoms with Crippen LogP contribution in [0.1, 0.15) is 87.3 Å². The molecule has 2 aromatic carbocycles. The van der Waals surface area contributed by atoms with Crippen molar-refractivity contribution in [3.05, 3.63) is 59.9 Å². The van der Waals surface area contributed by atoms with Gasteiger partial charge < -0.3 is 14.6 Å². The average Bonchev–Trinajstić information content (AvgIpc) is 3.22. The van der Waals surface area contributed by atoms with E-state index in [0.29, 0.717) is 17.9 Å². The van der Waals surface area contributed by atoms with Gasteiger partial charge in [-0.3, -0.25) is 4.79 Å². The second-order valence-corrected chi connectivity index (χ2v) is 9.06. The molecule has 0 radical (unpaired) electrons. The Kier molecular flexibility index (Phi) is 11.0. The number of nitrogens with zero attached hydrogens (tertiary/aromatic N) is 2. The van der Waals surface area contributed by atoms with E-state index in [-0.39, 0.29) is 5.91 Å². The van der Waals surface area contributed by atoms with Gasteiger partial charge in [0.2, 0.25) is 0 Å². The fourth-order valence-electron chi connectivity index (χ4n) is 4.52. The highest BCUT2D eigenvalue weighted by molar-refractivity contribution is 5.96. The molecule has 184 valence electrons. The minimum atomic E-state index is -0.0966. The lowest BCUT2D eigenvalue weighted by molar-refractivity contribution is 0.0950. The molecule has 3 aromatic rings. The summed E-state index contributed by atoms with van der Waals surface area (Å²) >= 11 is 0. The number of hydrogen-bond donors (Lipinski definition) is 1. The molecule has 1 N–H and O–H groups in total. The molecule has 5 nitrogen and oxygen atoms in total. The number of rotatable bonds is 16. The molecular formula is C29H41N3O2. The van der Waals surface area contributed by atoms with Crippen molar-refractivity contribution in [1.82, 2.24) is 14.9 Å². The van der Waals surface area contributed by atoms with E-state index in [1.165, 1.54) is 63.3 Å². The summed E-state index contributed by atoms with van der Waals surface area (Å²) in [5, 5.41) is 3.03. The van der Waals surface area contributed by atoms with Crippen molar-refractivity contribution in [3.8, 4) is 5.75 Å². The Balaban J connectivity index is 1.47. The van der Waals surface area contributed by atoms with Crippen LogP contribution in [-0.2, 0) is 13.0 Å². The SMILES string of the molecule is CCCCCCCCCCCn1c(CCCNC(=O)c2ccccc2OC)nc2ccccc21. The number of nitrogens with one attached hydrogen (secondary N) is 1. The fourth-order valence-corrected chi connectivity index (χ4v) is 4.52. The number of para-hydroxylation sites is 3. The standard InChI is InChI=1S/C29H41N3O2/c1-3-4-5-6-7-8-9-10-15-23-32-26-19-13-12-18-25(26)31-28(32)21-16-22-30-29(33)24-17-11-14-20-27(24)34-2/h11-14,17-20H,3-10,15-16,21-23H2,1-2H3,(H,30,33). The number of imidazole rings is 1. The normalized spacial score (nSPS) is 11.1. The third kappa shape index (κ3) is 7.61. The van der Waals surface area contributed by atoms with E-state index < -0.39 is 0 Å². The Hall–Kier alpha value is -2.82. The Morgan fingerprint density at radius 3 is 2.32 bits per heavy atom. The first-order valence-electron chi connectivity index (χ1n) is 13.1. The number of amides is 1. The van der Waals surface area contributed by atoms with Gasteiger partial charge in [0.1, 0.15) is 11.6 Å². The van der Waals surface area contributed by atoms with Gasteiger partial charge in [0.15, 0.2) is 0 Å². The first-order chi connectivity index (χ1) is 16.7. The van der Waals surface area contributed by atoms with Crippen molar-refractivity contribution in [2.24, 2.45) is 0 Å². The number of aromatic nitrogens is 2. The van der Waals surface area contributed by atoms with Crippen LogP contribution in [-0.4, -0.2) is 29.1 Å². The highest BCUT2D eigenvalue weighted by atomic mass is 16.5. The average molecular weight is 464 g/mol. The number of hydrogen-bond acceptors (Lipinski definition) is 3. The third-order valence-electron chi connectivity index (χ3n) is 6.43. The van der Waals surface area contributed by atoms with Gasteiger partial charge in [-0.15, -0.1) is 0 Å². The Morgan fingerprint density at radius 2 is 1.56 bits per heavy atom. The molecule has 0 bridgehead atoms. The van der Waals surface area contributed by atoms with Crippen molar-refractivity contribution >= 4 is 16.9 Å². The van der Waals surface area contributed by atoms with Gasteiger partial charge in [-0.2, -0.15) is 0 Å². The molecule has 1 aromatic heterocycles. The molecule has 0 atom stereocenters. The lowest BCUT2D eigenvalue weighted by atomic mass is 10.1. The van der Waals surface area contributed by atoms with E-state index in [1.54, 1.807) is 13.2 Å². The highest BCUT2D eigenvalue weighted by Crippen LogP contribution is 2.20. The van der Waals surface area contributed by atoms with E-state index in [4.69, 9.17) is 9.72 Å². The summed E-state index contributed by atoms with van der Waals surface area (Å²) in [6.45, 7) is 3.89. The van der Waals surface area contributed by atoms with E-state index in [1.807, 2.05) is 18.2 Å². The molecule has 0 aliphatic carbocycles. The van der Waals surface area contributed by atoms with Crippen molar-refractivity contribution < 1.29 is 9.53 Å². The molecule has 0 spiro atoms. The molecule has 3 rings (SSSR count). The Bertz CT molecular complexity index is 1010. The molecule has 5 heteroatoms. The summed E-state index contributed by atoms with van der Waals surface area (Å²) in [5.41, 5.74) is 2.85. The number of carbonyl (C=O) groups excluding carboxylic acids is 1. The van der Waals surface area contributed by atoms with Gasteiger partial charge >= 0.3 is 0 Å². The molecule has 0 aliphatic heterocycles. The molecule has 0 saturated heterocycles. The maximum atomic E-state index is 12.5. The zero-order valence-corrected chi connectivity index (χ0v) is 21.0. The van der Waals surface area contributed by atoms with Gasteiger partial charge in [0.05, 0.1) is 23.7 Å². The predicted octanol–water partition coefficient (Wildman–Crippen LogP) is 6.94. The summed E-state index contributed by atoms with van der Waals surface area (Å²) in [4.78, 5) is 17.4.